The second kappa shape index (κ2) is 9.88. The third-order valence-electron chi connectivity index (χ3n) is 5.01. The number of halogens is 23. The van der Waals surface area contributed by atoms with E-state index in [4.69, 9.17) is 0 Å². The van der Waals surface area contributed by atoms with Crippen molar-refractivity contribution >= 4 is 31.9 Å². The summed E-state index contributed by atoms with van der Waals surface area (Å²) in [6.45, 7) is 0. The van der Waals surface area contributed by atoms with Gasteiger partial charge in [0.2, 0.25) is 0 Å². The molecule has 0 unspecified atom stereocenters. The van der Waals surface area contributed by atoms with Crippen LogP contribution in [0.15, 0.2) is 24.3 Å². The minimum Gasteiger partial charge on any atom is -0.194 e. The van der Waals surface area contributed by atoms with Crippen molar-refractivity contribution in [3.05, 3.63) is 35.4 Å². The van der Waals surface area contributed by atoms with Gasteiger partial charge in [-0.1, -0.05) is 50.1 Å². The molecule has 0 saturated carbocycles. The first-order chi connectivity index (χ1) is 17.2. The number of hydrogen-bond donors (Lipinski definition) is 0. The first kappa shape index (κ1) is 36.7. The van der Waals surface area contributed by atoms with E-state index in [-0.39, 0.29) is 12.1 Å². The number of alkyl halides is 23. The Kier molecular flexibility index (Phi) is 9.08. The van der Waals surface area contributed by atoms with E-state index < -0.39 is 74.3 Å². The minimum absolute atomic E-state index is 0.170. The van der Waals surface area contributed by atoms with Crippen LogP contribution in [0, 0.1) is 0 Å². The topological polar surface area (TPSA) is 0 Å². The van der Waals surface area contributed by atoms with E-state index in [9.17, 15) is 92.2 Å². The molecule has 0 amide bonds. The summed E-state index contributed by atoms with van der Waals surface area (Å²) < 4.78 is 281. The van der Waals surface area contributed by atoms with Crippen LogP contribution in [0.4, 0.5) is 92.2 Å². The van der Waals surface area contributed by atoms with E-state index in [0.717, 1.165) is 6.07 Å². The van der Waals surface area contributed by atoms with Gasteiger partial charge in [-0.15, -0.1) is 0 Å². The smallest absolute Gasteiger partial charge is 0.194 e. The summed E-state index contributed by atoms with van der Waals surface area (Å²) in [6, 6.07) is 0.727. The first-order valence-corrected chi connectivity index (χ1v) is 10.8. The molecule has 0 radical (unpaired) electrons. The van der Waals surface area contributed by atoms with E-state index in [1.807, 2.05) is 0 Å². The Balaban J connectivity index is 3.84. The molecule has 0 aromatic heterocycles. The molecule has 0 aliphatic rings. The van der Waals surface area contributed by atoms with Crippen molar-refractivity contribution in [2.45, 2.75) is 63.2 Å². The maximum atomic E-state index is 14.3. The molecule has 1 aromatic rings. The number of rotatable bonds is 10. The average Bonchev–Trinajstić information content (AvgIpc) is 2.77. The van der Waals surface area contributed by atoms with Crippen LogP contribution < -0.4 is 0 Å². The highest BCUT2D eigenvalue weighted by atomic mass is 79.9. The van der Waals surface area contributed by atoms with Crippen molar-refractivity contribution in [3.63, 3.8) is 0 Å². The molecule has 0 heterocycles. The van der Waals surface area contributed by atoms with Crippen molar-refractivity contribution in [2.24, 2.45) is 0 Å². The van der Waals surface area contributed by atoms with Gasteiger partial charge in [0.05, 0.1) is 3.74 Å². The normalized spacial score (nSPS) is 16.1. The molecule has 0 nitrogen and oxygen atoms in total. The van der Waals surface area contributed by atoms with Crippen molar-refractivity contribution in [3.8, 4) is 0 Å². The Bertz CT molecular complexity index is 1070. The van der Waals surface area contributed by atoms with Gasteiger partial charge in [0.1, 0.15) is 0 Å². The summed E-state index contributed by atoms with van der Waals surface area (Å²) in [5, 5.41) is 0. The third kappa shape index (κ3) is 4.71. The van der Waals surface area contributed by atoms with Gasteiger partial charge < -0.3 is 0 Å². The number of hydrogen-bond acceptors (Lipinski definition) is 0. The molecule has 0 spiro atoms. The lowest BCUT2D eigenvalue weighted by molar-refractivity contribution is -0.474. The summed E-state index contributed by atoms with van der Waals surface area (Å²) in [7, 11) is 0. The highest BCUT2D eigenvalue weighted by molar-refractivity contribution is 9.24. The molecule has 40 heavy (non-hydrogen) atoms. The predicted octanol–water partition coefficient (Wildman–Crippen LogP) is 10.2. The Hall–Kier alpha value is -1.29. The monoisotopic (exact) mass is 766 g/mol. The van der Waals surface area contributed by atoms with Crippen LogP contribution >= 0.6 is 31.9 Å². The molecule has 234 valence electrons. The van der Waals surface area contributed by atoms with Crippen LogP contribution in [-0.2, 0) is 5.92 Å². The van der Waals surface area contributed by atoms with Crippen LogP contribution in [-0.4, -0.2) is 53.6 Å². The Morgan fingerprint density at radius 3 is 1.02 bits per heavy atom. The van der Waals surface area contributed by atoms with Gasteiger partial charge in [-0.05, 0) is 11.6 Å². The molecule has 0 atom stereocenters. The van der Waals surface area contributed by atoms with Gasteiger partial charge in [0.25, 0.3) is 0 Å². The maximum Gasteiger partial charge on any atom is 0.460 e. The van der Waals surface area contributed by atoms with Crippen LogP contribution in [0.2, 0.25) is 0 Å². The standard InChI is InChI=1S/C17H5Br2F21/c18-7(19)5-2-1-3-6(4-5)8(20,21)9(22,23)10(24,25)11(26,27)12(28,29)13(30,31)14(32,33)15(34,35)16(36,37)17(38,39)40/h1-4,7H. The predicted molar refractivity (Wildman–Crippen MR) is 96.6 cm³/mol. The third-order valence-corrected chi connectivity index (χ3v) is 6.07. The Labute approximate surface area is 223 Å². The lowest BCUT2D eigenvalue weighted by atomic mass is 9.85. The highest BCUT2D eigenvalue weighted by Gasteiger charge is 2.97. The fraction of sp³-hybridized carbons (Fsp3) is 0.647. The molecule has 0 aliphatic heterocycles. The minimum atomic E-state index is -9.18. The lowest BCUT2D eigenvalue weighted by Crippen LogP contribution is -2.76. The van der Waals surface area contributed by atoms with Gasteiger partial charge in [0.15, 0.2) is 0 Å². The van der Waals surface area contributed by atoms with Gasteiger partial charge in [-0.2, -0.15) is 92.2 Å². The van der Waals surface area contributed by atoms with Gasteiger partial charge in [0, 0.05) is 5.56 Å². The zero-order chi connectivity index (χ0) is 32.6. The maximum absolute atomic E-state index is 14.3. The summed E-state index contributed by atoms with van der Waals surface area (Å²) in [5.74, 6) is -77.2. The molecule has 0 saturated heterocycles. The molecular weight excluding hydrogens is 763 g/mol. The lowest BCUT2D eigenvalue weighted by Gasteiger charge is -2.44. The largest absolute Gasteiger partial charge is 0.460 e. The van der Waals surface area contributed by atoms with E-state index in [1.54, 1.807) is 0 Å². The Morgan fingerprint density at radius 1 is 0.425 bits per heavy atom. The van der Waals surface area contributed by atoms with Crippen molar-refractivity contribution in [1.82, 2.24) is 0 Å². The first-order valence-electron chi connectivity index (χ1n) is 9.02. The fourth-order valence-corrected chi connectivity index (χ4v) is 3.18. The second-order valence-corrected chi connectivity index (χ2v) is 10.7. The summed E-state index contributed by atoms with van der Waals surface area (Å²) in [4.78, 5) is 0. The molecule has 0 aliphatic carbocycles. The molecule has 0 bridgehead atoms. The summed E-state index contributed by atoms with van der Waals surface area (Å²) in [5.41, 5.74) is -3.02. The van der Waals surface area contributed by atoms with Gasteiger partial charge in [-0.25, -0.2) is 0 Å². The SMILES string of the molecule is FC(F)(F)C(F)(F)C(F)(F)C(F)(F)C(F)(F)C(F)(F)C(F)(F)C(F)(F)C(F)(F)C(F)(F)c1cccc(C(Br)Br)c1. The molecule has 1 rings (SSSR count). The molecule has 0 N–H and O–H groups in total. The summed E-state index contributed by atoms with van der Waals surface area (Å²) in [6.07, 6.45) is -8.01. The van der Waals surface area contributed by atoms with Gasteiger partial charge >= 0.3 is 59.5 Å². The van der Waals surface area contributed by atoms with E-state index in [2.05, 4.69) is 31.9 Å². The zero-order valence-corrected chi connectivity index (χ0v) is 20.8. The van der Waals surface area contributed by atoms with Crippen molar-refractivity contribution in [1.29, 1.82) is 0 Å². The second-order valence-electron chi connectivity index (χ2n) is 7.59. The van der Waals surface area contributed by atoms with Crippen molar-refractivity contribution in [2.75, 3.05) is 0 Å². The van der Waals surface area contributed by atoms with Gasteiger partial charge in [-0.3, -0.25) is 0 Å². The zero-order valence-electron chi connectivity index (χ0n) is 17.6. The molecule has 1 aromatic carbocycles. The van der Waals surface area contributed by atoms with E-state index in [1.165, 1.54) is 0 Å². The Morgan fingerprint density at radius 2 is 0.725 bits per heavy atom. The van der Waals surface area contributed by atoms with Crippen LogP contribution in [0.1, 0.15) is 14.9 Å². The summed E-state index contributed by atoms with van der Waals surface area (Å²) >= 11 is 5.18. The van der Waals surface area contributed by atoms with Crippen LogP contribution in [0.3, 0.4) is 0 Å². The van der Waals surface area contributed by atoms with E-state index in [0.29, 0.717) is 6.07 Å². The van der Waals surface area contributed by atoms with Crippen molar-refractivity contribution < 1.29 is 92.2 Å². The molecular formula is C17H5Br2F21. The highest BCUT2D eigenvalue weighted by Crippen LogP contribution is 2.67. The quantitative estimate of drug-likeness (QED) is 0.164. The fourth-order valence-electron chi connectivity index (χ4n) is 2.61. The van der Waals surface area contributed by atoms with E-state index >= 15 is 0 Å². The average molecular weight is 768 g/mol. The molecule has 23 heteroatoms. The molecule has 0 fully saturated rings. The van der Waals surface area contributed by atoms with Crippen LogP contribution in [0.25, 0.3) is 0 Å². The van der Waals surface area contributed by atoms with Crippen LogP contribution in [0.5, 0.6) is 0 Å². The number of benzene rings is 1.